The second-order valence-corrected chi connectivity index (χ2v) is 6.30. The molecule has 5 heteroatoms. The number of hydrogen-bond acceptors (Lipinski definition) is 3. The molecular weight excluding hydrogens is 355 g/mol. The SMILES string of the molecule is O=C(N/N=C/C1=Cc2ccccc2OC1c1ccccc1)c1ccc(F)cc1. The highest BCUT2D eigenvalue weighted by molar-refractivity contribution is 5.95. The van der Waals surface area contributed by atoms with Gasteiger partial charge in [0.25, 0.3) is 5.91 Å². The van der Waals surface area contributed by atoms with Crippen LogP contribution in [0.3, 0.4) is 0 Å². The Morgan fingerprint density at radius 2 is 1.68 bits per heavy atom. The lowest BCUT2D eigenvalue weighted by Crippen LogP contribution is -2.20. The Balaban J connectivity index is 1.57. The first-order valence-electron chi connectivity index (χ1n) is 8.82. The molecule has 4 nitrogen and oxygen atoms in total. The summed E-state index contributed by atoms with van der Waals surface area (Å²) in [6.45, 7) is 0. The first-order valence-corrected chi connectivity index (χ1v) is 8.82. The number of hydrazone groups is 1. The summed E-state index contributed by atoms with van der Waals surface area (Å²) in [5, 5.41) is 4.08. The Bertz CT molecular complexity index is 1040. The Morgan fingerprint density at radius 3 is 2.46 bits per heavy atom. The predicted octanol–water partition coefficient (Wildman–Crippen LogP) is 4.76. The summed E-state index contributed by atoms with van der Waals surface area (Å²) in [5.41, 5.74) is 5.54. The fraction of sp³-hybridized carbons (Fsp3) is 0.0435. The van der Waals surface area contributed by atoms with E-state index in [9.17, 15) is 9.18 Å². The molecule has 1 atom stereocenters. The lowest BCUT2D eigenvalue weighted by Gasteiger charge is -2.25. The number of hydrogen-bond donors (Lipinski definition) is 1. The molecule has 3 aromatic rings. The minimum atomic E-state index is -0.412. The molecule has 0 saturated carbocycles. The zero-order valence-electron chi connectivity index (χ0n) is 14.9. The van der Waals surface area contributed by atoms with Crippen LogP contribution in [0, 0.1) is 5.82 Å². The van der Waals surface area contributed by atoms with Crippen molar-refractivity contribution >= 4 is 18.2 Å². The van der Waals surface area contributed by atoms with Gasteiger partial charge in [0, 0.05) is 16.7 Å². The second-order valence-electron chi connectivity index (χ2n) is 6.30. The quantitative estimate of drug-likeness (QED) is 0.530. The molecule has 1 amide bonds. The highest BCUT2D eigenvalue weighted by atomic mass is 19.1. The standard InChI is InChI=1S/C23H17FN2O2/c24-20-12-10-17(11-13-20)23(27)26-25-15-19-14-18-8-4-5-9-21(18)28-22(19)16-6-2-1-3-7-16/h1-15,22H,(H,26,27)/b25-15+. The number of benzene rings is 3. The van der Waals surface area contributed by atoms with Gasteiger partial charge in [-0.1, -0.05) is 48.5 Å². The van der Waals surface area contributed by atoms with Crippen molar-refractivity contribution in [3.63, 3.8) is 0 Å². The number of halogens is 1. The first-order chi connectivity index (χ1) is 13.7. The van der Waals surface area contributed by atoms with E-state index < -0.39 is 11.7 Å². The average molecular weight is 372 g/mol. The van der Waals surface area contributed by atoms with Crippen molar-refractivity contribution in [2.75, 3.05) is 0 Å². The molecule has 1 N–H and O–H groups in total. The molecule has 0 aliphatic carbocycles. The van der Waals surface area contributed by atoms with E-state index >= 15 is 0 Å². The number of nitrogens with zero attached hydrogens (tertiary/aromatic N) is 1. The van der Waals surface area contributed by atoms with Gasteiger partial charge >= 0.3 is 0 Å². The van der Waals surface area contributed by atoms with Crippen LogP contribution in [0.4, 0.5) is 4.39 Å². The number of carbonyl (C=O) groups is 1. The van der Waals surface area contributed by atoms with Crippen LogP contribution in [0.15, 0.2) is 89.5 Å². The maximum atomic E-state index is 13.0. The van der Waals surface area contributed by atoms with Gasteiger partial charge in [0.15, 0.2) is 6.10 Å². The molecule has 0 fully saturated rings. The van der Waals surface area contributed by atoms with Crippen molar-refractivity contribution in [1.82, 2.24) is 5.43 Å². The summed E-state index contributed by atoms with van der Waals surface area (Å²) in [4.78, 5) is 12.1. The molecule has 1 aliphatic rings. The molecule has 0 bridgehead atoms. The average Bonchev–Trinajstić information content (AvgIpc) is 2.74. The summed E-state index contributed by atoms with van der Waals surface area (Å²) in [7, 11) is 0. The van der Waals surface area contributed by atoms with Crippen LogP contribution in [0.5, 0.6) is 5.75 Å². The molecule has 0 radical (unpaired) electrons. The van der Waals surface area contributed by atoms with Crippen LogP contribution in [0.1, 0.15) is 27.6 Å². The summed E-state index contributed by atoms with van der Waals surface area (Å²) >= 11 is 0. The van der Waals surface area contributed by atoms with E-state index in [0.29, 0.717) is 5.56 Å². The molecule has 138 valence electrons. The van der Waals surface area contributed by atoms with Gasteiger partial charge in [0.1, 0.15) is 11.6 Å². The molecule has 1 heterocycles. The van der Waals surface area contributed by atoms with E-state index in [4.69, 9.17) is 4.74 Å². The smallest absolute Gasteiger partial charge is 0.271 e. The van der Waals surface area contributed by atoms with Crippen LogP contribution in [0.25, 0.3) is 6.08 Å². The van der Waals surface area contributed by atoms with E-state index in [1.54, 1.807) is 6.21 Å². The number of carbonyl (C=O) groups excluding carboxylic acids is 1. The van der Waals surface area contributed by atoms with Gasteiger partial charge in [-0.3, -0.25) is 4.79 Å². The van der Waals surface area contributed by atoms with Crippen LogP contribution in [-0.2, 0) is 0 Å². The number of amides is 1. The van der Waals surface area contributed by atoms with Crippen molar-refractivity contribution in [2.45, 2.75) is 6.10 Å². The second kappa shape index (κ2) is 7.88. The first kappa shape index (κ1) is 17.7. The number of para-hydroxylation sites is 1. The van der Waals surface area contributed by atoms with Crippen LogP contribution < -0.4 is 10.2 Å². The summed E-state index contributed by atoms with van der Waals surface area (Å²) in [6.07, 6.45) is 3.24. The maximum absolute atomic E-state index is 13.0. The monoisotopic (exact) mass is 372 g/mol. The predicted molar refractivity (Wildman–Crippen MR) is 107 cm³/mol. The number of rotatable bonds is 4. The Hall–Kier alpha value is -3.73. The molecule has 0 saturated heterocycles. The van der Waals surface area contributed by atoms with E-state index in [0.717, 1.165) is 22.4 Å². The van der Waals surface area contributed by atoms with Crippen molar-refractivity contribution in [3.8, 4) is 5.75 Å². The van der Waals surface area contributed by atoms with E-state index in [1.165, 1.54) is 24.3 Å². The normalized spacial score (nSPS) is 15.5. The number of ether oxygens (including phenoxy) is 1. The minimum Gasteiger partial charge on any atom is -0.480 e. The van der Waals surface area contributed by atoms with Crippen LogP contribution in [0.2, 0.25) is 0 Å². The largest absolute Gasteiger partial charge is 0.480 e. The highest BCUT2D eigenvalue weighted by Crippen LogP contribution is 2.36. The molecule has 28 heavy (non-hydrogen) atoms. The van der Waals surface area contributed by atoms with Gasteiger partial charge in [0.2, 0.25) is 0 Å². The Kier molecular flexibility index (Phi) is 4.97. The lowest BCUT2D eigenvalue weighted by atomic mass is 9.97. The molecule has 1 unspecified atom stereocenters. The number of nitrogens with one attached hydrogen (secondary N) is 1. The van der Waals surface area contributed by atoms with Gasteiger partial charge in [0.05, 0.1) is 6.21 Å². The fourth-order valence-electron chi connectivity index (χ4n) is 2.98. The van der Waals surface area contributed by atoms with Crippen molar-refractivity contribution in [1.29, 1.82) is 0 Å². The van der Waals surface area contributed by atoms with Crippen molar-refractivity contribution in [2.24, 2.45) is 5.10 Å². The van der Waals surface area contributed by atoms with E-state index in [2.05, 4.69) is 10.5 Å². The zero-order chi connectivity index (χ0) is 19.3. The van der Waals surface area contributed by atoms with Gasteiger partial charge in [-0.2, -0.15) is 5.10 Å². The molecular formula is C23H17FN2O2. The van der Waals surface area contributed by atoms with Crippen molar-refractivity contribution < 1.29 is 13.9 Å². The molecule has 3 aromatic carbocycles. The third-order valence-electron chi connectivity index (χ3n) is 4.38. The van der Waals surface area contributed by atoms with E-state index in [-0.39, 0.29) is 6.10 Å². The number of fused-ring (bicyclic) bond motifs is 1. The lowest BCUT2D eigenvalue weighted by molar-refractivity contribution is 0.0955. The summed E-state index contributed by atoms with van der Waals surface area (Å²) < 4.78 is 19.2. The Morgan fingerprint density at radius 1 is 0.964 bits per heavy atom. The van der Waals surface area contributed by atoms with E-state index in [1.807, 2.05) is 60.7 Å². The molecule has 0 aromatic heterocycles. The summed E-state index contributed by atoms with van der Waals surface area (Å²) in [6, 6.07) is 22.8. The molecule has 0 spiro atoms. The minimum absolute atomic E-state index is 0.331. The highest BCUT2D eigenvalue weighted by Gasteiger charge is 2.23. The molecule has 1 aliphatic heterocycles. The molecule has 4 rings (SSSR count). The zero-order valence-corrected chi connectivity index (χ0v) is 14.9. The van der Waals surface area contributed by atoms with Crippen LogP contribution in [-0.4, -0.2) is 12.1 Å². The van der Waals surface area contributed by atoms with Gasteiger partial charge in [-0.25, -0.2) is 9.82 Å². The third-order valence-corrected chi connectivity index (χ3v) is 4.38. The maximum Gasteiger partial charge on any atom is 0.271 e. The van der Waals surface area contributed by atoms with Crippen LogP contribution >= 0.6 is 0 Å². The van der Waals surface area contributed by atoms with Gasteiger partial charge < -0.3 is 4.74 Å². The topological polar surface area (TPSA) is 50.7 Å². The summed E-state index contributed by atoms with van der Waals surface area (Å²) in [5.74, 6) is -0.0111. The van der Waals surface area contributed by atoms with Crippen molar-refractivity contribution in [3.05, 3.63) is 107 Å². The third kappa shape index (κ3) is 3.83. The van der Waals surface area contributed by atoms with Gasteiger partial charge in [-0.15, -0.1) is 0 Å². The van der Waals surface area contributed by atoms with Gasteiger partial charge in [-0.05, 0) is 42.0 Å². The fourth-order valence-corrected chi connectivity index (χ4v) is 2.98. The Labute approximate surface area is 162 Å².